The highest BCUT2D eigenvalue weighted by Gasteiger charge is 2.33. The van der Waals surface area contributed by atoms with E-state index in [1.807, 2.05) is 18.4 Å². The molecule has 154 valence electrons. The fraction of sp³-hybridized carbons (Fsp3) is 0.316. The van der Waals surface area contributed by atoms with E-state index in [1.165, 1.54) is 12.1 Å². The monoisotopic (exact) mass is 425 g/mol. The molecule has 0 saturated carbocycles. The molecule has 2 atom stereocenters. The molecule has 3 heterocycles. The van der Waals surface area contributed by atoms with Crippen LogP contribution in [0, 0.1) is 0 Å². The summed E-state index contributed by atoms with van der Waals surface area (Å²) in [6, 6.07) is 3.73. The average Bonchev–Trinajstić information content (AvgIpc) is 2.69. The van der Waals surface area contributed by atoms with Crippen molar-refractivity contribution in [2.24, 2.45) is 0 Å². The molecule has 1 aromatic rings. The van der Waals surface area contributed by atoms with Gasteiger partial charge in [-0.05, 0) is 29.1 Å². The normalized spacial score (nSPS) is 23.0. The molecule has 29 heavy (non-hydrogen) atoms. The molecular formula is C19H19F3N3O3P. The van der Waals surface area contributed by atoms with Crippen LogP contribution in [-0.4, -0.2) is 59.1 Å². The number of nitrogens with zero attached hydrogens (tertiary/aromatic N) is 2. The van der Waals surface area contributed by atoms with Crippen LogP contribution >= 0.6 is 8.58 Å². The van der Waals surface area contributed by atoms with Crippen LogP contribution in [0.2, 0.25) is 0 Å². The predicted octanol–water partition coefficient (Wildman–Crippen LogP) is 2.79. The number of rotatable bonds is 3. The van der Waals surface area contributed by atoms with E-state index < -0.39 is 17.9 Å². The van der Waals surface area contributed by atoms with Crippen LogP contribution in [-0.2, 0) is 4.79 Å². The molecule has 0 aromatic heterocycles. The molecule has 0 bridgehead atoms. The Hall–Kier alpha value is -2.51. The SMILES string of the molecule is O=C1C=C(c2ccc(O)c(OC(F)(F)F)c2)PC2C=CC(N3CCNCC3)=CN12. The van der Waals surface area contributed by atoms with Crippen molar-refractivity contribution in [3.63, 3.8) is 0 Å². The third-order valence-corrected chi connectivity index (χ3v) is 6.34. The van der Waals surface area contributed by atoms with Gasteiger partial charge < -0.3 is 25.0 Å². The molecule has 10 heteroatoms. The van der Waals surface area contributed by atoms with E-state index in [2.05, 4.69) is 15.0 Å². The summed E-state index contributed by atoms with van der Waals surface area (Å²) in [6.45, 7) is 3.50. The Balaban J connectivity index is 1.57. The number of carbonyl (C=O) groups excluding carboxylic acids is 1. The molecule has 6 nitrogen and oxygen atoms in total. The maximum atomic E-state index is 12.7. The summed E-state index contributed by atoms with van der Waals surface area (Å²) in [6.07, 6.45) is 2.31. The summed E-state index contributed by atoms with van der Waals surface area (Å²) in [5.74, 6) is -1.71. The Morgan fingerprint density at radius 1 is 1.24 bits per heavy atom. The van der Waals surface area contributed by atoms with Crippen LogP contribution < -0.4 is 10.1 Å². The number of alkyl halides is 3. The quantitative estimate of drug-likeness (QED) is 0.730. The zero-order valence-electron chi connectivity index (χ0n) is 15.2. The first-order valence-electron chi connectivity index (χ1n) is 9.05. The number of nitrogens with one attached hydrogen (secondary N) is 1. The molecule has 1 aromatic carbocycles. The van der Waals surface area contributed by atoms with Crippen molar-refractivity contribution in [2.75, 3.05) is 26.2 Å². The van der Waals surface area contributed by atoms with Gasteiger partial charge in [0.15, 0.2) is 11.5 Å². The van der Waals surface area contributed by atoms with E-state index in [1.54, 1.807) is 4.90 Å². The second-order valence-electron chi connectivity index (χ2n) is 6.77. The number of halogens is 3. The Labute approximate surface area is 167 Å². The molecule has 2 N–H and O–H groups in total. The highest BCUT2D eigenvalue weighted by atomic mass is 31.1. The lowest BCUT2D eigenvalue weighted by molar-refractivity contribution is -0.275. The molecule has 1 saturated heterocycles. The minimum absolute atomic E-state index is 0.151. The van der Waals surface area contributed by atoms with Gasteiger partial charge in [-0.1, -0.05) is 20.7 Å². The third-order valence-electron chi connectivity index (χ3n) is 4.82. The molecule has 0 radical (unpaired) electrons. The minimum Gasteiger partial charge on any atom is -0.504 e. The highest BCUT2D eigenvalue weighted by Crippen LogP contribution is 2.46. The Morgan fingerprint density at radius 2 is 2.00 bits per heavy atom. The van der Waals surface area contributed by atoms with Gasteiger partial charge in [-0.2, -0.15) is 0 Å². The molecule has 2 unspecified atom stereocenters. The van der Waals surface area contributed by atoms with Gasteiger partial charge in [0.25, 0.3) is 5.91 Å². The molecule has 1 amide bonds. The first kappa shape index (κ1) is 19.8. The van der Waals surface area contributed by atoms with Crippen molar-refractivity contribution in [2.45, 2.75) is 12.1 Å². The minimum atomic E-state index is -4.91. The van der Waals surface area contributed by atoms with E-state index in [4.69, 9.17) is 0 Å². The number of allylic oxidation sites excluding steroid dienone is 1. The number of fused-ring (bicyclic) bond motifs is 1. The lowest BCUT2D eigenvalue weighted by atomic mass is 10.1. The first-order chi connectivity index (χ1) is 13.8. The number of ether oxygens (including phenoxy) is 1. The summed E-state index contributed by atoms with van der Waals surface area (Å²) in [5.41, 5.74) is 1.39. The number of phenolic OH excluding ortho intramolecular Hbond substituents is 1. The molecule has 4 rings (SSSR count). The zero-order valence-corrected chi connectivity index (χ0v) is 16.2. The third kappa shape index (κ3) is 4.41. The number of hydrogen-bond acceptors (Lipinski definition) is 5. The van der Waals surface area contributed by atoms with Crippen molar-refractivity contribution in [1.29, 1.82) is 0 Å². The number of amides is 1. The van der Waals surface area contributed by atoms with Crippen molar-refractivity contribution in [3.05, 3.63) is 53.9 Å². The maximum absolute atomic E-state index is 12.7. The average molecular weight is 425 g/mol. The number of piperazine rings is 1. The van der Waals surface area contributed by atoms with Gasteiger partial charge in [0.2, 0.25) is 0 Å². The topological polar surface area (TPSA) is 65.0 Å². The van der Waals surface area contributed by atoms with Crippen LogP contribution in [0.4, 0.5) is 13.2 Å². The number of aromatic hydroxyl groups is 1. The van der Waals surface area contributed by atoms with Gasteiger partial charge in [-0.3, -0.25) is 4.79 Å². The number of carbonyl (C=O) groups is 1. The van der Waals surface area contributed by atoms with Crippen molar-refractivity contribution in [3.8, 4) is 11.5 Å². The smallest absolute Gasteiger partial charge is 0.504 e. The van der Waals surface area contributed by atoms with E-state index in [9.17, 15) is 23.1 Å². The van der Waals surface area contributed by atoms with Gasteiger partial charge in [-0.25, -0.2) is 0 Å². The van der Waals surface area contributed by atoms with E-state index >= 15 is 0 Å². The molecule has 0 aliphatic carbocycles. The predicted molar refractivity (Wildman–Crippen MR) is 103 cm³/mol. The van der Waals surface area contributed by atoms with Gasteiger partial charge in [0.1, 0.15) is 0 Å². The van der Waals surface area contributed by atoms with Gasteiger partial charge in [-0.15, -0.1) is 13.2 Å². The molecule has 3 aliphatic heterocycles. The molecule has 1 fully saturated rings. The largest absolute Gasteiger partial charge is 0.573 e. The van der Waals surface area contributed by atoms with Gasteiger partial charge >= 0.3 is 6.36 Å². The standard InChI is InChI=1S/C19H19F3N3O3P/c20-19(21,22)28-15-9-12(1-3-14(15)26)16-10-17(27)25-11-13(2-4-18(25)29-16)24-7-5-23-6-8-24/h1-4,9-11,18,23,26,29H,5-8H2. The van der Waals surface area contributed by atoms with Gasteiger partial charge in [0.05, 0.1) is 11.5 Å². The Bertz CT molecular complexity index is 908. The zero-order chi connectivity index (χ0) is 20.6. The number of benzene rings is 1. The van der Waals surface area contributed by atoms with Crippen LogP contribution in [0.15, 0.2) is 48.3 Å². The second kappa shape index (κ2) is 7.72. The summed E-state index contributed by atoms with van der Waals surface area (Å²) in [4.78, 5) is 16.6. The number of hydrogen-bond donors (Lipinski definition) is 2. The number of phenols is 1. The summed E-state index contributed by atoms with van der Waals surface area (Å²) in [7, 11) is 0.151. The van der Waals surface area contributed by atoms with Crippen LogP contribution in [0.25, 0.3) is 5.31 Å². The maximum Gasteiger partial charge on any atom is 0.573 e. The van der Waals surface area contributed by atoms with Crippen LogP contribution in [0.1, 0.15) is 5.56 Å². The van der Waals surface area contributed by atoms with Crippen molar-refractivity contribution in [1.82, 2.24) is 15.1 Å². The van der Waals surface area contributed by atoms with E-state index in [0.29, 0.717) is 10.9 Å². The van der Waals surface area contributed by atoms with Crippen molar-refractivity contribution < 1.29 is 27.8 Å². The van der Waals surface area contributed by atoms with E-state index in [0.717, 1.165) is 44.0 Å². The fourth-order valence-corrected chi connectivity index (χ4v) is 4.81. The van der Waals surface area contributed by atoms with Crippen LogP contribution in [0.3, 0.4) is 0 Å². The molecular weight excluding hydrogens is 406 g/mol. The lowest BCUT2D eigenvalue weighted by Crippen LogP contribution is -2.44. The van der Waals surface area contributed by atoms with E-state index in [-0.39, 0.29) is 20.3 Å². The summed E-state index contributed by atoms with van der Waals surface area (Å²) < 4.78 is 41.5. The molecule has 0 spiro atoms. The summed E-state index contributed by atoms with van der Waals surface area (Å²) in [5, 5.41) is 13.5. The van der Waals surface area contributed by atoms with Crippen molar-refractivity contribution >= 4 is 19.8 Å². The highest BCUT2D eigenvalue weighted by molar-refractivity contribution is 7.51. The Kier molecular flexibility index (Phi) is 5.27. The summed E-state index contributed by atoms with van der Waals surface area (Å²) >= 11 is 0. The fourth-order valence-electron chi connectivity index (χ4n) is 3.43. The second-order valence-corrected chi connectivity index (χ2v) is 8.19. The van der Waals surface area contributed by atoms with Gasteiger partial charge in [0, 0.05) is 38.5 Å². The Morgan fingerprint density at radius 3 is 2.72 bits per heavy atom. The van der Waals surface area contributed by atoms with Crippen LogP contribution in [0.5, 0.6) is 11.5 Å². The molecule has 3 aliphatic rings. The first-order valence-corrected chi connectivity index (χ1v) is 10.1. The lowest BCUT2D eigenvalue weighted by Gasteiger charge is -2.37.